The van der Waals surface area contributed by atoms with Gasteiger partial charge in [0.2, 0.25) is 0 Å². The van der Waals surface area contributed by atoms with Gasteiger partial charge in [-0.25, -0.2) is 0 Å². The zero-order valence-corrected chi connectivity index (χ0v) is 9.42. The van der Waals surface area contributed by atoms with Crippen LogP contribution in [0.5, 0.6) is 0 Å². The maximum atomic E-state index is 9.28. The van der Waals surface area contributed by atoms with Gasteiger partial charge in [-0.05, 0) is 20.9 Å². The molecule has 1 saturated heterocycles. The van der Waals surface area contributed by atoms with E-state index in [1.807, 2.05) is 14.0 Å². The Morgan fingerprint density at radius 1 is 1.64 bits per heavy atom. The Kier molecular flexibility index (Phi) is 4.31. The molecule has 1 heterocycles. The predicted molar refractivity (Wildman–Crippen MR) is 56.4 cm³/mol. The second-order valence-electron chi connectivity index (χ2n) is 4.36. The third kappa shape index (κ3) is 2.92. The first kappa shape index (κ1) is 11.9. The zero-order chi connectivity index (χ0) is 10.6. The van der Waals surface area contributed by atoms with E-state index in [4.69, 9.17) is 4.74 Å². The van der Waals surface area contributed by atoms with E-state index in [-0.39, 0.29) is 12.1 Å². The van der Waals surface area contributed by atoms with Crippen LogP contribution in [0.3, 0.4) is 0 Å². The first-order valence-corrected chi connectivity index (χ1v) is 5.23. The molecule has 4 nitrogen and oxygen atoms in total. The Balaban J connectivity index is 2.48. The molecule has 0 radical (unpaired) electrons. The fourth-order valence-corrected chi connectivity index (χ4v) is 1.65. The minimum Gasteiger partial charge on any atom is -0.394 e. The van der Waals surface area contributed by atoms with E-state index in [0.29, 0.717) is 6.04 Å². The van der Waals surface area contributed by atoms with E-state index in [0.717, 1.165) is 26.3 Å². The predicted octanol–water partition coefficient (Wildman–Crippen LogP) is -0.322. The number of ether oxygens (including phenoxy) is 1. The normalized spacial score (nSPS) is 28.7. The number of aliphatic hydroxyl groups excluding tert-OH is 1. The molecule has 4 heteroatoms. The summed E-state index contributed by atoms with van der Waals surface area (Å²) in [5.41, 5.74) is -0.203. The second-order valence-corrected chi connectivity index (χ2v) is 4.36. The maximum absolute atomic E-state index is 9.28. The van der Waals surface area contributed by atoms with E-state index in [1.54, 1.807) is 0 Å². The number of hydrogen-bond acceptors (Lipinski definition) is 4. The molecule has 2 unspecified atom stereocenters. The minimum atomic E-state index is -0.203. The molecule has 0 spiro atoms. The SMILES string of the molecule is CNC(C)(CO)CN1CCOCC1C. The van der Waals surface area contributed by atoms with Crippen molar-refractivity contribution < 1.29 is 9.84 Å². The summed E-state index contributed by atoms with van der Waals surface area (Å²) in [4.78, 5) is 2.36. The molecule has 1 aliphatic heterocycles. The second kappa shape index (κ2) is 5.07. The number of nitrogens with one attached hydrogen (secondary N) is 1. The first-order chi connectivity index (χ1) is 6.61. The van der Waals surface area contributed by atoms with Crippen LogP contribution >= 0.6 is 0 Å². The fraction of sp³-hybridized carbons (Fsp3) is 1.00. The molecular weight excluding hydrogens is 180 g/mol. The summed E-state index contributed by atoms with van der Waals surface area (Å²) < 4.78 is 5.37. The summed E-state index contributed by atoms with van der Waals surface area (Å²) in [6.07, 6.45) is 0. The smallest absolute Gasteiger partial charge is 0.0623 e. The number of likely N-dealkylation sites (N-methyl/N-ethyl adjacent to an activating group) is 1. The molecule has 0 bridgehead atoms. The Labute approximate surface area is 86.2 Å². The standard InChI is InChI=1S/C10H22N2O2/c1-9-6-14-5-4-12(9)7-10(2,8-13)11-3/h9,11,13H,4-8H2,1-3H3. The molecule has 1 rings (SSSR count). The van der Waals surface area contributed by atoms with E-state index < -0.39 is 0 Å². The van der Waals surface area contributed by atoms with Crippen LogP contribution in [0.4, 0.5) is 0 Å². The lowest BCUT2D eigenvalue weighted by Crippen LogP contribution is -2.57. The lowest BCUT2D eigenvalue weighted by Gasteiger charge is -2.39. The minimum absolute atomic E-state index is 0.160. The van der Waals surface area contributed by atoms with Gasteiger partial charge in [-0.3, -0.25) is 4.90 Å². The third-order valence-electron chi connectivity index (χ3n) is 3.01. The third-order valence-corrected chi connectivity index (χ3v) is 3.01. The largest absolute Gasteiger partial charge is 0.394 e. The highest BCUT2D eigenvalue weighted by Gasteiger charge is 2.28. The zero-order valence-electron chi connectivity index (χ0n) is 9.42. The van der Waals surface area contributed by atoms with Crippen molar-refractivity contribution in [2.75, 3.05) is 40.0 Å². The molecule has 14 heavy (non-hydrogen) atoms. The van der Waals surface area contributed by atoms with E-state index in [2.05, 4.69) is 17.1 Å². The van der Waals surface area contributed by atoms with E-state index in [9.17, 15) is 5.11 Å². The summed E-state index contributed by atoms with van der Waals surface area (Å²) in [6.45, 7) is 7.78. The van der Waals surface area contributed by atoms with Gasteiger partial charge in [0.15, 0.2) is 0 Å². The Morgan fingerprint density at radius 2 is 2.36 bits per heavy atom. The van der Waals surface area contributed by atoms with Crippen molar-refractivity contribution in [1.82, 2.24) is 10.2 Å². The van der Waals surface area contributed by atoms with Gasteiger partial charge >= 0.3 is 0 Å². The van der Waals surface area contributed by atoms with Crippen LogP contribution in [-0.4, -0.2) is 61.5 Å². The molecule has 0 aromatic heterocycles. The molecule has 0 saturated carbocycles. The molecule has 0 aromatic rings. The molecule has 0 aliphatic carbocycles. The molecule has 1 fully saturated rings. The number of rotatable bonds is 4. The molecule has 84 valence electrons. The van der Waals surface area contributed by atoms with Crippen LogP contribution in [0.2, 0.25) is 0 Å². The van der Waals surface area contributed by atoms with Crippen molar-refractivity contribution in [3.8, 4) is 0 Å². The van der Waals surface area contributed by atoms with Gasteiger partial charge in [-0.15, -0.1) is 0 Å². The van der Waals surface area contributed by atoms with Gasteiger partial charge < -0.3 is 15.2 Å². The van der Waals surface area contributed by atoms with Crippen molar-refractivity contribution in [2.45, 2.75) is 25.4 Å². The summed E-state index contributed by atoms with van der Waals surface area (Å²) in [5.74, 6) is 0. The highest BCUT2D eigenvalue weighted by atomic mass is 16.5. The Morgan fingerprint density at radius 3 is 2.86 bits per heavy atom. The fourth-order valence-electron chi connectivity index (χ4n) is 1.65. The van der Waals surface area contributed by atoms with Gasteiger partial charge in [0.05, 0.1) is 25.4 Å². The van der Waals surface area contributed by atoms with E-state index >= 15 is 0 Å². The lowest BCUT2D eigenvalue weighted by atomic mass is 10.0. The molecule has 0 amide bonds. The van der Waals surface area contributed by atoms with Crippen molar-refractivity contribution in [2.24, 2.45) is 0 Å². The van der Waals surface area contributed by atoms with E-state index in [1.165, 1.54) is 0 Å². The van der Waals surface area contributed by atoms with Gasteiger partial charge in [-0.2, -0.15) is 0 Å². The van der Waals surface area contributed by atoms with Crippen molar-refractivity contribution in [1.29, 1.82) is 0 Å². The average Bonchev–Trinajstić information content (AvgIpc) is 2.21. The van der Waals surface area contributed by atoms with Crippen molar-refractivity contribution >= 4 is 0 Å². The van der Waals surface area contributed by atoms with Crippen molar-refractivity contribution in [3.05, 3.63) is 0 Å². The van der Waals surface area contributed by atoms with Crippen molar-refractivity contribution in [3.63, 3.8) is 0 Å². The quantitative estimate of drug-likeness (QED) is 0.656. The van der Waals surface area contributed by atoms with Crippen LogP contribution in [-0.2, 0) is 4.74 Å². The molecule has 0 aromatic carbocycles. The molecular formula is C10H22N2O2. The van der Waals surface area contributed by atoms with Gasteiger partial charge in [0, 0.05) is 19.1 Å². The number of hydrogen-bond donors (Lipinski definition) is 2. The van der Waals surface area contributed by atoms with Crippen LogP contribution in [0.1, 0.15) is 13.8 Å². The number of morpholine rings is 1. The van der Waals surface area contributed by atoms with Crippen LogP contribution in [0.25, 0.3) is 0 Å². The topological polar surface area (TPSA) is 44.7 Å². The highest BCUT2D eigenvalue weighted by Crippen LogP contribution is 2.11. The van der Waals surface area contributed by atoms with Crippen LogP contribution < -0.4 is 5.32 Å². The highest BCUT2D eigenvalue weighted by molar-refractivity contribution is 4.87. The average molecular weight is 202 g/mol. The van der Waals surface area contributed by atoms with Crippen LogP contribution in [0, 0.1) is 0 Å². The summed E-state index contributed by atoms with van der Waals surface area (Å²) in [7, 11) is 1.89. The monoisotopic (exact) mass is 202 g/mol. The Bertz CT molecular complexity index is 172. The maximum Gasteiger partial charge on any atom is 0.0623 e. The lowest BCUT2D eigenvalue weighted by molar-refractivity contribution is -0.0168. The first-order valence-electron chi connectivity index (χ1n) is 5.23. The van der Waals surface area contributed by atoms with Gasteiger partial charge in [0.25, 0.3) is 0 Å². The van der Waals surface area contributed by atoms with Gasteiger partial charge in [0.1, 0.15) is 0 Å². The summed E-state index contributed by atoms with van der Waals surface area (Å²) >= 11 is 0. The van der Waals surface area contributed by atoms with Gasteiger partial charge in [-0.1, -0.05) is 0 Å². The number of nitrogens with zero attached hydrogens (tertiary/aromatic N) is 1. The number of aliphatic hydroxyl groups is 1. The Hall–Kier alpha value is -0.160. The molecule has 1 aliphatic rings. The summed E-state index contributed by atoms with van der Waals surface area (Å²) in [6, 6.07) is 0.447. The van der Waals surface area contributed by atoms with Crippen LogP contribution in [0.15, 0.2) is 0 Å². The summed E-state index contributed by atoms with van der Waals surface area (Å²) in [5, 5.41) is 12.4. The molecule has 2 N–H and O–H groups in total. The molecule has 2 atom stereocenters.